The van der Waals surface area contributed by atoms with E-state index in [2.05, 4.69) is 4.98 Å². The van der Waals surface area contributed by atoms with E-state index in [1.54, 1.807) is 31.2 Å². The first-order valence-corrected chi connectivity index (χ1v) is 7.72. The molecular formula is C19H16FNO4. The van der Waals surface area contributed by atoms with E-state index in [0.717, 1.165) is 0 Å². The van der Waals surface area contributed by atoms with Crippen LogP contribution in [0.2, 0.25) is 0 Å². The Hall–Kier alpha value is -3.15. The number of carbonyl (C=O) groups is 2. The number of ether oxygens (including phenoxy) is 2. The van der Waals surface area contributed by atoms with Crippen molar-refractivity contribution >= 4 is 22.7 Å². The number of halogens is 1. The van der Waals surface area contributed by atoms with Crippen LogP contribution < -0.4 is 4.74 Å². The first-order valence-electron chi connectivity index (χ1n) is 7.72. The van der Waals surface area contributed by atoms with Crippen molar-refractivity contribution < 1.29 is 23.5 Å². The zero-order valence-electron chi connectivity index (χ0n) is 13.8. The molecule has 3 aromatic rings. The molecule has 0 amide bonds. The molecule has 2 aromatic carbocycles. The van der Waals surface area contributed by atoms with Crippen LogP contribution >= 0.6 is 0 Å². The van der Waals surface area contributed by atoms with Gasteiger partial charge in [0.2, 0.25) is 0 Å². The van der Waals surface area contributed by atoms with E-state index in [0.29, 0.717) is 22.2 Å². The molecule has 0 aliphatic carbocycles. The van der Waals surface area contributed by atoms with Crippen LogP contribution in [0.5, 0.6) is 5.75 Å². The van der Waals surface area contributed by atoms with E-state index < -0.39 is 11.8 Å². The highest BCUT2D eigenvalue weighted by Crippen LogP contribution is 2.27. The molecule has 5 nitrogen and oxygen atoms in total. The standard InChI is InChI=1S/C19H16FNO4/c1-3-25-19(23)17-16(14-9-6-12(20)10-15(14)21-17)18(22)11-4-7-13(24-2)8-5-11/h4-10,21H,3H2,1-2H3. The number of rotatable bonds is 5. The minimum absolute atomic E-state index is 0.0169. The molecule has 0 radical (unpaired) electrons. The maximum absolute atomic E-state index is 13.5. The van der Waals surface area contributed by atoms with Gasteiger partial charge in [-0.15, -0.1) is 0 Å². The largest absolute Gasteiger partial charge is 0.497 e. The molecule has 0 spiro atoms. The third-order valence-electron chi connectivity index (χ3n) is 3.82. The summed E-state index contributed by atoms with van der Waals surface area (Å²) in [5.41, 5.74) is 0.929. The van der Waals surface area contributed by atoms with Gasteiger partial charge in [0.25, 0.3) is 0 Å². The number of hydrogen-bond acceptors (Lipinski definition) is 4. The Balaban J connectivity index is 2.15. The number of H-pyrrole nitrogens is 1. The van der Waals surface area contributed by atoms with Crippen LogP contribution in [0.1, 0.15) is 33.3 Å². The predicted molar refractivity (Wildman–Crippen MR) is 90.6 cm³/mol. The number of carbonyl (C=O) groups excluding carboxylic acids is 2. The first kappa shape index (κ1) is 16.7. The lowest BCUT2D eigenvalue weighted by atomic mass is 10.00. The molecule has 1 heterocycles. The summed E-state index contributed by atoms with van der Waals surface area (Å²) in [6.07, 6.45) is 0. The monoisotopic (exact) mass is 341 g/mol. The lowest BCUT2D eigenvalue weighted by molar-refractivity contribution is 0.0517. The molecule has 0 atom stereocenters. The summed E-state index contributed by atoms with van der Waals surface area (Å²) < 4.78 is 23.6. The highest BCUT2D eigenvalue weighted by molar-refractivity contribution is 6.21. The number of fused-ring (bicyclic) bond motifs is 1. The highest BCUT2D eigenvalue weighted by Gasteiger charge is 2.25. The smallest absolute Gasteiger partial charge is 0.355 e. The summed E-state index contributed by atoms with van der Waals surface area (Å²) in [4.78, 5) is 28.0. The molecule has 0 aliphatic heterocycles. The predicted octanol–water partition coefficient (Wildman–Crippen LogP) is 3.72. The van der Waals surface area contributed by atoms with Crippen LogP contribution in [0, 0.1) is 5.82 Å². The number of ketones is 1. The molecule has 6 heteroatoms. The second-order valence-electron chi connectivity index (χ2n) is 5.34. The molecule has 0 aliphatic rings. The van der Waals surface area contributed by atoms with Gasteiger partial charge in [0, 0.05) is 16.5 Å². The number of nitrogens with one attached hydrogen (secondary N) is 1. The highest BCUT2D eigenvalue weighted by atomic mass is 19.1. The van der Waals surface area contributed by atoms with Gasteiger partial charge < -0.3 is 14.5 Å². The summed E-state index contributed by atoms with van der Waals surface area (Å²) in [6, 6.07) is 10.5. The Labute approximate surface area is 143 Å². The topological polar surface area (TPSA) is 68.4 Å². The van der Waals surface area contributed by atoms with E-state index in [4.69, 9.17) is 9.47 Å². The molecule has 1 aromatic heterocycles. The Morgan fingerprint density at radius 1 is 1.12 bits per heavy atom. The number of hydrogen-bond donors (Lipinski definition) is 1. The van der Waals surface area contributed by atoms with Crippen molar-refractivity contribution in [3.8, 4) is 5.75 Å². The van der Waals surface area contributed by atoms with Crippen molar-refractivity contribution in [2.45, 2.75) is 6.92 Å². The van der Waals surface area contributed by atoms with E-state index >= 15 is 0 Å². The maximum Gasteiger partial charge on any atom is 0.355 e. The maximum atomic E-state index is 13.5. The molecule has 0 saturated carbocycles. The van der Waals surface area contributed by atoms with E-state index in [9.17, 15) is 14.0 Å². The van der Waals surface area contributed by atoms with Gasteiger partial charge in [0.15, 0.2) is 5.78 Å². The molecule has 0 unspecified atom stereocenters. The quantitative estimate of drug-likeness (QED) is 0.567. The van der Waals surface area contributed by atoms with Crippen molar-refractivity contribution in [3.05, 3.63) is 65.1 Å². The lowest BCUT2D eigenvalue weighted by Gasteiger charge is -2.05. The minimum Gasteiger partial charge on any atom is -0.497 e. The van der Waals surface area contributed by atoms with Crippen molar-refractivity contribution in [1.82, 2.24) is 4.98 Å². The second kappa shape index (κ2) is 6.76. The number of aromatic nitrogens is 1. The van der Waals surface area contributed by atoms with Gasteiger partial charge in [-0.25, -0.2) is 9.18 Å². The fraction of sp³-hybridized carbons (Fsp3) is 0.158. The van der Waals surface area contributed by atoms with Crippen LogP contribution in [0.25, 0.3) is 10.9 Å². The molecule has 0 fully saturated rings. The number of aromatic amines is 1. The Morgan fingerprint density at radius 2 is 1.84 bits per heavy atom. The van der Waals surface area contributed by atoms with Crippen molar-refractivity contribution in [2.75, 3.05) is 13.7 Å². The third kappa shape index (κ3) is 3.10. The Kier molecular flexibility index (Phi) is 4.52. The van der Waals surface area contributed by atoms with Crippen molar-refractivity contribution in [1.29, 1.82) is 0 Å². The van der Waals surface area contributed by atoms with E-state index in [-0.39, 0.29) is 23.6 Å². The van der Waals surface area contributed by atoms with Crippen LogP contribution in [0.15, 0.2) is 42.5 Å². The van der Waals surface area contributed by atoms with Crippen LogP contribution in [0.4, 0.5) is 4.39 Å². The second-order valence-corrected chi connectivity index (χ2v) is 5.34. The summed E-state index contributed by atoms with van der Waals surface area (Å²) in [7, 11) is 1.53. The third-order valence-corrected chi connectivity index (χ3v) is 3.82. The van der Waals surface area contributed by atoms with Gasteiger partial charge in [-0.1, -0.05) is 0 Å². The average molecular weight is 341 g/mol. The number of methoxy groups -OCH3 is 1. The molecule has 128 valence electrons. The molecule has 1 N–H and O–H groups in total. The summed E-state index contributed by atoms with van der Waals surface area (Å²) in [6.45, 7) is 1.84. The van der Waals surface area contributed by atoms with Gasteiger partial charge in [0.1, 0.15) is 17.3 Å². The molecule has 3 rings (SSSR count). The van der Waals surface area contributed by atoms with Gasteiger partial charge >= 0.3 is 5.97 Å². The normalized spacial score (nSPS) is 10.7. The van der Waals surface area contributed by atoms with E-state index in [1.165, 1.54) is 25.3 Å². The number of esters is 1. The van der Waals surface area contributed by atoms with Crippen molar-refractivity contribution in [2.24, 2.45) is 0 Å². The van der Waals surface area contributed by atoms with Gasteiger partial charge in [-0.05, 0) is 49.4 Å². The molecule has 0 saturated heterocycles. The Bertz CT molecular complexity index is 944. The molecule has 0 bridgehead atoms. The number of benzene rings is 2. The fourth-order valence-electron chi connectivity index (χ4n) is 2.65. The Morgan fingerprint density at radius 3 is 2.48 bits per heavy atom. The summed E-state index contributed by atoms with van der Waals surface area (Å²) in [5, 5.41) is 0.463. The van der Waals surface area contributed by atoms with Gasteiger partial charge in [-0.2, -0.15) is 0 Å². The fourth-order valence-corrected chi connectivity index (χ4v) is 2.65. The lowest BCUT2D eigenvalue weighted by Crippen LogP contribution is -2.12. The van der Waals surface area contributed by atoms with Crippen LogP contribution in [0.3, 0.4) is 0 Å². The first-order chi connectivity index (χ1) is 12.0. The average Bonchev–Trinajstić information content (AvgIpc) is 3.00. The van der Waals surface area contributed by atoms with E-state index in [1.807, 2.05) is 0 Å². The SMILES string of the molecule is CCOC(=O)c1[nH]c2cc(F)ccc2c1C(=O)c1ccc(OC)cc1. The zero-order chi connectivity index (χ0) is 18.0. The summed E-state index contributed by atoms with van der Waals surface area (Å²) >= 11 is 0. The van der Waals surface area contributed by atoms with Crippen LogP contribution in [-0.4, -0.2) is 30.5 Å². The molecule has 25 heavy (non-hydrogen) atoms. The van der Waals surface area contributed by atoms with Crippen molar-refractivity contribution in [3.63, 3.8) is 0 Å². The van der Waals surface area contributed by atoms with Gasteiger partial charge in [0.05, 0.1) is 19.3 Å². The zero-order valence-corrected chi connectivity index (χ0v) is 13.8. The van der Waals surface area contributed by atoms with Gasteiger partial charge in [-0.3, -0.25) is 4.79 Å². The summed E-state index contributed by atoms with van der Waals surface area (Å²) in [5.74, 6) is -0.865. The van der Waals surface area contributed by atoms with Crippen LogP contribution in [-0.2, 0) is 4.74 Å². The minimum atomic E-state index is -0.657. The molecular weight excluding hydrogens is 325 g/mol.